The molecule has 2 aliphatic rings. The number of aryl methyl sites for hydroxylation is 2. The molecule has 2 fully saturated rings. The molecule has 1 amide bonds. The van der Waals surface area contributed by atoms with Crippen molar-refractivity contribution in [3.63, 3.8) is 0 Å². The first-order valence-corrected chi connectivity index (χ1v) is 10.6. The second-order valence-electron chi connectivity index (χ2n) is 7.20. The number of carbonyl (C=O) groups is 1. The number of nitrogens with zero attached hydrogens (tertiary/aromatic N) is 4. The first-order valence-electron chi connectivity index (χ1n) is 9.18. The molecule has 0 bridgehead atoms. The van der Waals surface area contributed by atoms with E-state index in [-0.39, 0.29) is 10.9 Å². The second-order valence-corrected chi connectivity index (χ2v) is 9.09. The summed E-state index contributed by atoms with van der Waals surface area (Å²) in [5.74, 6) is 0.137. The summed E-state index contributed by atoms with van der Waals surface area (Å²) in [6, 6.07) is 1.62. The molecule has 0 N–H and O–H groups in total. The Morgan fingerprint density at radius 2 is 2.00 bits per heavy atom. The average Bonchev–Trinajstić information content (AvgIpc) is 3.17. The lowest BCUT2D eigenvalue weighted by Crippen LogP contribution is -2.50. The number of amides is 1. The zero-order valence-electron chi connectivity index (χ0n) is 15.4. The number of aromatic nitrogens is 2. The number of sulfonamides is 1. The highest BCUT2D eigenvalue weighted by Crippen LogP contribution is 2.41. The molecule has 0 unspecified atom stereocenters. The van der Waals surface area contributed by atoms with Gasteiger partial charge in [-0.1, -0.05) is 6.92 Å². The van der Waals surface area contributed by atoms with E-state index in [0.29, 0.717) is 31.7 Å². The van der Waals surface area contributed by atoms with Crippen LogP contribution in [-0.2, 0) is 21.4 Å². The van der Waals surface area contributed by atoms with Gasteiger partial charge in [-0.15, -0.1) is 0 Å². The second kappa shape index (κ2) is 6.72. The van der Waals surface area contributed by atoms with Crippen LogP contribution in [0.1, 0.15) is 45.2 Å². The van der Waals surface area contributed by atoms with Crippen LogP contribution in [0.4, 0.5) is 0 Å². The Bertz CT molecular complexity index is 756. The summed E-state index contributed by atoms with van der Waals surface area (Å²) in [5, 5.41) is 4.49. The molecule has 3 rings (SSSR count). The fourth-order valence-corrected chi connectivity index (χ4v) is 5.91. The molecule has 1 atom stereocenters. The van der Waals surface area contributed by atoms with Crippen molar-refractivity contribution < 1.29 is 13.2 Å². The summed E-state index contributed by atoms with van der Waals surface area (Å²) < 4.78 is 29.2. The van der Waals surface area contributed by atoms with Crippen LogP contribution in [-0.4, -0.2) is 59.5 Å². The van der Waals surface area contributed by atoms with Gasteiger partial charge < -0.3 is 4.90 Å². The maximum absolute atomic E-state index is 13.1. The zero-order chi connectivity index (χ0) is 18.2. The van der Waals surface area contributed by atoms with Crippen molar-refractivity contribution >= 4 is 15.9 Å². The van der Waals surface area contributed by atoms with Crippen LogP contribution in [0.5, 0.6) is 0 Å². The first kappa shape index (κ1) is 18.4. The fourth-order valence-electron chi connectivity index (χ4n) is 4.14. The fraction of sp³-hybridized carbons (Fsp3) is 0.765. The Morgan fingerprint density at radius 1 is 1.24 bits per heavy atom. The zero-order valence-corrected chi connectivity index (χ0v) is 16.2. The van der Waals surface area contributed by atoms with Gasteiger partial charge in [0.15, 0.2) is 5.03 Å². The normalized spacial score (nSPS) is 25.2. The number of likely N-dealkylation sites (tertiary alicyclic amines) is 1. The number of piperidine rings is 1. The average molecular weight is 369 g/mol. The van der Waals surface area contributed by atoms with Crippen molar-refractivity contribution in [1.82, 2.24) is 19.0 Å². The molecule has 2 aliphatic heterocycles. The molecular formula is C17H28N4O3S. The van der Waals surface area contributed by atoms with Crippen LogP contribution in [0.3, 0.4) is 0 Å². The smallest absolute Gasteiger partial charge is 0.260 e. The minimum Gasteiger partial charge on any atom is -0.342 e. The third-order valence-electron chi connectivity index (χ3n) is 5.41. The quantitative estimate of drug-likeness (QED) is 0.791. The van der Waals surface area contributed by atoms with Gasteiger partial charge in [0, 0.05) is 32.7 Å². The summed E-state index contributed by atoms with van der Waals surface area (Å²) in [4.78, 5) is 14.9. The molecular weight excluding hydrogens is 340 g/mol. The predicted molar refractivity (Wildman–Crippen MR) is 94.6 cm³/mol. The van der Waals surface area contributed by atoms with Crippen LogP contribution in [0.15, 0.2) is 11.1 Å². The van der Waals surface area contributed by atoms with Gasteiger partial charge in [-0.25, -0.2) is 8.42 Å². The van der Waals surface area contributed by atoms with Crippen LogP contribution >= 0.6 is 0 Å². The number of carbonyl (C=O) groups excluding carboxylic acids is 1. The van der Waals surface area contributed by atoms with Crippen molar-refractivity contribution in [2.45, 2.75) is 58.0 Å². The van der Waals surface area contributed by atoms with Crippen LogP contribution < -0.4 is 0 Å². The van der Waals surface area contributed by atoms with E-state index in [1.807, 2.05) is 11.8 Å². The van der Waals surface area contributed by atoms with E-state index in [0.717, 1.165) is 32.4 Å². The van der Waals surface area contributed by atoms with Gasteiger partial charge in [0.25, 0.3) is 10.0 Å². The minimum atomic E-state index is -3.63. The van der Waals surface area contributed by atoms with Gasteiger partial charge in [-0.2, -0.15) is 9.40 Å². The molecule has 0 aromatic carbocycles. The Kier molecular flexibility index (Phi) is 4.94. The van der Waals surface area contributed by atoms with E-state index >= 15 is 0 Å². The molecule has 140 valence electrons. The highest BCUT2D eigenvalue weighted by atomic mass is 32.2. The van der Waals surface area contributed by atoms with Crippen LogP contribution in [0.25, 0.3) is 0 Å². The Hall–Kier alpha value is -1.41. The van der Waals surface area contributed by atoms with Gasteiger partial charge >= 0.3 is 0 Å². The number of hydrogen-bond donors (Lipinski definition) is 0. The highest BCUT2D eigenvalue weighted by Gasteiger charge is 2.51. The number of rotatable bonds is 5. The third-order valence-corrected chi connectivity index (χ3v) is 7.25. The SMILES string of the molecule is CCCN1CCC[C@]2(CCN(S(=O)(=O)c3cc(C)nn3CC)C2)C1=O. The third kappa shape index (κ3) is 3.10. The molecule has 1 spiro atoms. The van der Waals surface area contributed by atoms with Gasteiger partial charge in [0.05, 0.1) is 11.1 Å². The van der Waals surface area contributed by atoms with E-state index in [2.05, 4.69) is 12.0 Å². The highest BCUT2D eigenvalue weighted by molar-refractivity contribution is 7.89. The van der Waals surface area contributed by atoms with Crippen molar-refractivity contribution in [2.24, 2.45) is 5.41 Å². The van der Waals surface area contributed by atoms with Crippen molar-refractivity contribution in [3.05, 3.63) is 11.8 Å². The molecule has 2 saturated heterocycles. The van der Waals surface area contributed by atoms with E-state index in [1.54, 1.807) is 13.0 Å². The largest absolute Gasteiger partial charge is 0.342 e. The van der Waals surface area contributed by atoms with Gasteiger partial charge in [0.2, 0.25) is 5.91 Å². The van der Waals surface area contributed by atoms with Crippen LogP contribution in [0.2, 0.25) is 0 Å². The summed E-state index contributed by atoms with van der Waals surface area (Å²) in [5.41, 5.74) is 0.157. The molecule has 0 radical (unpaired) electrons. The molecule has 1 aromatic heterocycles. The molecule has 0 aliphatic carbocycles. The maximum atomic E-state index is 13.1. The monoisotopic (exact) mass is 368 g/mol. The summed E-state index contributed by atoms with van der Waals surface area (Å²) in [6.07, 6.45) is 3.28. The molecule has 25 heavy (non-hydrogen) atoms. The Labute approximate surface area is 150 Å². The first-order chi connectivity index (χ1) is 11.8. The van der Waals surface area contributed by atoms with E-state index in [9.17, 15) is 13.2 Å². The molecule has 1 aromatic rings. The van der Waals surface area contributed by atoms with Crippen molar-refractivity contribution in [2.75, 3.05) is 26.2 Å². The van der Waals surface area contributed by atoms with Crippen LogP contribution in [0, 0.1) is 12.3 Å². The van der Waals surface area contributed by atoms with Gasteiger partial charge in [0.1, 0.15) is 0 Å². The van der Waals surface area contributed by atoms with Crippen molar-refractivity contribution in [3.8, 4) is 0 Å². The lowest BCUT2D eigenvalue weighted by molar-refractivity contribution is -0.145. The molecule has 7 nitrogen and oxygen atoms in total. The summed E-state index contributed by atoms with van der Waals surface area (Å²) in [6.45, 7) is 8.50. The molecule has 8 heteroatoms. The van der Waals surface area contributed by atoms with E-state index < -0.39 is 15.4 Å². The summed E-state index contributed by atoms with van der Waals surface area (Å²) in [7, 11) is -3.63. The van der Waals surface area contributed by atoms with Crippen molar-refractivity contribution in [1.29, 1.82) is 0 Å². The number of hydrogen-bond acceptors (Lipinski definition) is 4. The van der Waals surface area contributed by atoms with E-state index in [1.165, 1.54) is 8.99 Å². The van der Waals surface area contributed by atoms with Gasteiger partial charge in [-0.05, 0) is 45.6 Å². The molecule has 0 saturated carbocycles. The standard InChI is InChI=1S/C17H28N4O3S/c1-4-9-19-10-6-7-17(16(19)22)8-11-20(13-17)25(23,24)15-12-14(3)18-21(15)5-2/h12H,4-11,13H2,1-3H3/t17-/m1/s1. The Morgan fingerprint density at radius 3 is 2.68 bits per heavy atom. The topological polar surface area (TPSA) is 75.5 Å². The minimum absolute atomic E-state index is 0.137. The van der Waals surface area contributed by atoms with Gasteiger partial charge in [-0.3, -0.25) is 9.48 Å². The lowest BCUT2D eigenvalue weighted by Gasteiger charge is -2.39. The molecule has 3 heterocycles. The predicted octanol–water partition coefficient (Wildman–Crippen LogP) is 1.62. The van der Waals surface area contributed by atoms with E-state index in [4.69, 9.17) is 0 Å². The Balaban J connectivity index is 1.85. The summed E-state index contributed by atoms with van der Waals surface area (Å²) >= 11 is 0. The lowest BCUT2D eigenvalue weighted by atomic mass is 9.78. The maximum Gasteiger partial charge on any atom is 0.260 e.